The van der Waals surface area contributed by atoms with Gasteiger partial charge in [-0.2, -0.15) is 4.31 Å². The summed E-state index contributed by atoms with van der Waals surface area (Å²) in [6.45, 7) is 0.676. The van der Waals surface area contributed by atoms with E-state index in [2.05, 4.69) is 10.6 Å². The molecule has 4 rings (SSSR count). The first-order chi connectivity index (χ1) is 15.4. The van der Waals surface area contributed by atoms with Crippen LogP contribution in [0.5, 0.6) is 11.5 Å². The van der Waals surface area contributed by atoms with Crippen LogP contribution in [-0.2, 0) is 26.2 Å². The molecule has 0 spiro atoms. The van der Waals surface area contributed by atoms with Crippen LogP contribution in [0.2, 0.25) is 0 Å². The van der Waals surface area contributed by atoms with E-state index in [1.807, 2.05) is 24.3 Å². The van der Waals surface area contributed by atoms with Gasteiger partial charge in [-0.05, 0) is 48.7 Å². The van der Waals surface area contributed by atoms with Crippen LogP contribution < -0.4 is 20.1 Å². The molecule has 1 fully saturated rings. The van der Waals surface area contributed by atoms with Crippen LogP contribution in [0.4, 0.5) is 5.69 Å². The average molecular weight is 460 g/mol. The van der Waals surface area contributed by atoms with Gasteiger partial charge in [-0.1, -0.05) is 12.1 Å². The van der Waals surface area contributed by atoms with Crippen molar-refractivity contribution in [3.8, 4) is 11.5 Å². The molecule has 32 heavy (non-hydrogen) atoms. The maximum atomic E-state index is 13.2. The van der Waals surface area contributed by atoms with E-state index in [0.29, 0.717) is 43.1 Å². The molecule has 2 heterocycles. The molecule has 170 valence electrons. The monoisotopic (exact) mass is 459 g/mol. The van der Waals surface area contributed by atoms with Gasteiger partial charge in [0.25, 0.3) is 5.91 Å². The molecular formula is C22H25N3O6S. The highest BCUT2D eigenvalue weighted by Crippen LogP contribution is 2.32. The lowest BCUT2D eigenvalue weighted by Gasteiger charge is -2.31. The third-order valence-corrected chi connectivity index (χ3v) is 7.44. The third-order valence-electron chi connectivity index (χ3n) is 5.58. The number of amides is 2. The molecule has 0 aromatic heterocycles. The molecule has 2 aromatic rings. The fourth-order valence-corrected chi connectivity index (χ4v) is 5.41. The first kappa shape index (κ1) is 22.1. The number of sulfonamides is 1. The summed E-state index contributed by atoms with van der Waals surface area (Å²) in [5.74, 6) is 0.178. The Morgan fingerprint density at radius 2 is 2.12 bits per heavy atom. The molecule has 2 aliphatic heterocycles. The molecule has 2 amide bonds. The number of methoxy groups -OCH3 is 1. The summed E-state index contributed by atoms with van der Waals surface area (Å²) in [6.07, 6.45) is 1.20. The van der Waals surface area contributed by atoms with Gasteiger partial charge in [0, 0.05) is 19.6 Å². The summed E-state index contributed by atoms with van der Waals surface area (Å²) < 4.78 is 38.2. The van der Waals surface area contributed by atoms with Gasteiger partial charge in [0.15, 0.2) is 6.61 Å². The Morgan fingerprint density at radius 1 is 1.28 bits per heavy atom. The number of anilines is 1. The number of rotatable bonds is 6. The lowest BCUT2D eigenvalue weighted by atomic mass is 9.99. The van der Waals surface area contributed by atoms with E-state index < -0.39 is 15.9 Å². The summed E-state index contributed by atoms with van der Waals surface area (Å²) in [5, 5.41) is 5.52. The lowest BCUT2D eigenvalue weighted by Crippen LogP contribution is -2.45. The molecule has 10 heteroatoms. The number of ether oxygens (including phenoxy) is 2. The molecule has 1 saturated heterocycles. The molecule has 2 N–H and O–H groups in total. The predicted molar refractivity (Wildman–Crippen MR) is 117 cm³/mol. The molecule has 0 bridgehead atoms. The van der Waals surface area contributed by atoms with Crippen molar-refractivity contribution >= 4 is 27.5 Å². The van der Waals surface area contributed by atoms with Crippen LogP contribution in [0.3, 0.4) is 0 Å². The minimum absolute atomic E-state index is 0.0551. The molecule has 9 nitrogen and oxygen atoms in total. The summed E-state index contributed by atoms with van der Waals surface area (Å²) >= 11 is 0. The Morgan fingerprint density at radius 3 is 2.94 bits per heavy atom. The van der Waals surface area contributed by atoms with E-state index in [1.54, 1.807) is 7.11 Å². The molecule has 0 radical (unpaired) electrons. The van der Waals surface area contributed by atoms with Crippen molar-refractivity contribution in [1.82, 2.24) is 9.62 Å². The van der Waals surface area contributed by atoms with Crippen molar-refractivity contribution in [3.63, 3.8) is 0 Å². The highest BCUT2D eigenvalue weighted by molar-refractivity contribution is 7.89. The zero-order valence-corrected chi connectivity index (χ0v) is 18.5. The van der Waals surface area contributed by atoms with Crippen LogP contribution >= 0.6 is 0 Å². The van der Waals surface area contributed by atoms with E-state index in [-0.39, 0.29) is 29.9 Å². The lowest BCUT2D eigenvalue weighted by molar-refractivity contribution is -0.126. The van der Waals surface area contributed by atoms with E-state index in [0.717, 1.165) is 5.56 Å². The third kappa shape index (κ3) is 4.71. The number of carbonyl (C=O) groups excluding carboxylic acids is 2. The average Bonchev–Trinajstić information content (AvgIpc) is 2.82. The SMILES string of the molecule is COc1cccc(CNC(=O)[C@@H]2CCCN(S(=O)(=O)c3ccc4c(c3)NC(=O)CO4)C2)c1. The van der Waals surface area contributed by atoms with Crippen LogP contribution in [0.15, 0.2) is 47.4 Å². The number of nitrogens with zero attached hydrogens (tertiary/aromatic N) is 1. The van der Waals surface area contributed by atoms with Gasteiger partial charge in [-0.3, -0.25) is 9.59 Å². The predicted octanol–water partition coefficient (Wildman–Crippen LogP) is 1.74. The topological polar surface area (TPSA) is 114 Å². The summed E-state index contributed by atoms with van der Waals surface area (Å²) in [6, 6.07) is 11.8. The smallest absolute Gasteiger partial charge is 0.262 e. The molecule has 2 aliphatic rings. The maximum Gasteiger partial charge on any atom is 0.262 e. The zero-order valence-electron chi connectivity index (χ0n) is 17.7. The first-order valence-corrected chi connectivity index (χ1v) is 11.8. The Bertz CT molecular complexity index is 1130. The van der Waals surface area contributed by atoms with Gasteiger partial charge in [0.05, 0.1) is 23.6 Å². The van der Waals surface area contributed by atoms with Gasteiger partial charge in [-0.15, -0.1) is 0 Å². The van der Waals surface area contributed by atoms with Gasteiger partial charge in [0.2, 0.25) is 15.9 Å². The minimum Gasteiger partial charge on any atom is -0.497 e. The van der Waals surface area contributed by atoms with Crippen molar-refractivity contribution in [2.75, 3.05) is 32.1 Å². The minimum atomic E-state index is -3.83. The fraction of sp³-hybridized carbons (Fsp3) is 0.364. The summed E-state index contributed by atoms with van der Waals surface area (Å²) in [4.78, 5) is 24.3. The van der Waals surface area contributed by atoms with Gasteiger partial charge in [-0.25, -0.2) is 8.42 Å². The van der Waals surface area contributed by atoms with E-state index >= 15 is 0 Å². The van der Waals surface area contributed by atoms with Crippen LogP contribution in [0.1, 0.15) is 18.4 Å². The van der Waals surface area contributed by atoms with Crippen molar-refractivity contribution in [3.05, 3.63) is 48.0 Å². The number of hydrogen-bond acceptors (Lipinski definition) is 6. The first-order valence-electron chi connectivity index (χ1n) is 10.3. The zero-order chi connectivity index (χ0) is 22.7. The molecule has 2 aromatic carbocycles. The van der Waals surface area contributed by atoms with Crippen molar-refractivity contribution < 1.29 is 27.5 Å². The second-order valence-electron chi connectivity index (χ2n) is 7.77. The largest absolute Gasteiger partial charge is 0.497 e. The quantitative estimate of drug-likeness (QED) is 0.680. The number of hydrogen-bond donors (Lipinski definition) is 2. The van der Waals surface area contributed by atoms with Crippen LogP contribution in [-0.4, -0.2) is 51.3 Å². The van der Waals surface area contributed by atoms with E-state index in [1.165, 1.54) is 22.5 Å². The highest BCUT2D eigenvalue weighted by Gasteiger charge is 2.34. The van der Waals surface area contributed by atoms with Crippen molar-refractivity contribution in [1.29, 1.82) is 0 Å². The van der Waals surface area contributed by atoms with E-state index in [4.69, 9.17) is 9.47 Å². The Balaban J connectivity index is 1.43. The number of carbonyl (C=O) groups is 2. The number of benzene rings is 2. The Labute approximate surface area is 186 Å². The standard InChI is InChI=1S/C22H25N3O6S/c1-30-17-6-2-4-15(10-17)12-23-22(27)16-5-3-9-25(13-16)32(28,29)18-7-8-20-19(11-18)24-21(26)14-31-20/h2,4,6-8,10-11,16H,3,5,9,12-14H2,1H3,(H,23,27)(H,24,26)/t16-/m1/s1. The number of fused-ring (bicyclic) bond motifs is 1. The molecule has 0 saturated carbocycles. The molecule has 0 aliphatic carbocycles. The summed E-state index contributed by atoms with van der Waals surface area (Å²) in [5.41, 5.74) is 1.23. The fourth-order valence-electron chi connectivity index (χ4n) is 3.86. The number of nitrogens with one attached hydrogen (secondary N) is 2. The van der Waals surface area contributed by atoms with Crippen molar-refractivity contribution in [2.24, 2.45) is 5.92 Å². The van der Waals surface area contributed by atoms with Crippen LogP contribution in [0.25, 0.3) is 0 Å². The second-order valence-corrected chi connectivity index (χ2v) is 9.70. The normalized spacial score (nSPS) is 18.8. The number of piperidine rings is 1. The molecule has 1 atom stereocenters. The highest BCUT2D eigenvalue weighted by atomic mass is 32.2. The molecular weight excluding hydrogens is 434 g/mol. The second kappa shape index (κ2) is 9.17. The van der Waals surface area contributed by atoms with Crippen LogP contribution in [0, 0.1) is 5.92 Å². The van der Waals surface area contributed by atoms with E-state index in [9.17, 15) is 18.0 Å². The van der Waals surface area contributed by atoms with Crippen molar-refractivity contribution in [2.45, 2.75) is 24.3 Å². The van der Waals surface area contributed by atoms with Gasteiger partial charge < -0.3 is 20.1 Å². The Hall–Kier alpha value is -3.11. The van der Waals surface area contributed by atoms with Gasteiger partial charge >= 0.3 is 0 Å². The Kier molecular flexibility index (Phi) is 6.33. The molecule has 0 unspecified atom stereocenters. The maximum absolute atomic E-state index is 13.2. The summed E-state index contributed by atoms with van der Waals surface area (Å²) in [7, 11) is -2.24. The van der Waals surface area contributed by atoms with Gasteiger partial charge in [0.1, 0.15) is 11.5 Å².